The van der Waals surface area contributed by atoms with Crippen molar-refractivity contribution < 1.29 is 4.79 Å². The molecule has 2 heterocycles. The number of thioether (sulfide) groups is 1. The lowest BCUT2D eigenvalue weighted by Crippen LogP contribution is -2.24. The molecule has 2 aromatic heterocycles. The van der Waals surface area contributed by atoms with Crippen LogP contribution in [0.2, 0.25) is 0 Å². The van der Waals surface area contributed by atoms with E-state index >= 15 is 0 Å². The lowest BCUT2D eigenvalue weighted by atomic mass is 9.89. The maximum atomic E-state index is 13.3. The van der Waals surface area contributed by atoms with E-state index in [1.54, 1.807) is 22.0 Å². The van der Waals surface area contributed by atoms with Crippen LogP contribution in [0.4, 0.5) is 5.69 Å². The van der Waals surface area contributed by atoms with E-state index in [1.165, 1.54) is 22.2 Å². The molecule has 0 bridgehead atoms. The van der Waals surface area contributed by atoms with Crippen LogP contribution in [0.15, 0.2) is 46.9 Å². The Balaban J connectivity index is 1.60. The van der Waals surface area contributed by atoms with Crippen molar-refractivity contribution in [1.82, 2.24) is 9.55 Å². The Morgan fingerprint density at radius 1 is 1.40 bits per heavy atom. The van der Waals surface area contributed by atoms with Crippen molar-refractivity contribution in [2.75, 3.05) is 11.1 Å². The first kappa shape index (κ1) is 20.9. The Bertz CT molecular complexity index is 1160. The molecular weight excluding hydrogens is 414 g/mol. The van der Waals surface area contributed by atoms with E-state index in [4.69, 9.17) is 4.98 Å². The first-order valence-electron chi connectivity index (χ1n) is 10.1. The van der Waals surface area contributed by atoms with E-state index in [0.717, 1.165) is 40.7 Å². The number of allylic oxidation sites excluding steroid dienone is 1. The van der Waals surface area contributed by atoms with Crippen LogP contribution in [0.3, 0.4) is 0 Å². The van der Waals surface area contributed by atoms with E-state index in [-0.39, 0.29) is 17.2 Å². The highest BCUT2D eigenvalue weighted by Gasteiger charge is 2.24. The molecule has 30 heavy (non-hydrogen) atoms. The van der Waals surface area contributed by atoms with Gasteiger partial charge in [0.2, 0.25) is 5.91 Å². The van der Waals surface area contributed by atoms with Crippen LogP contribution in [0.5, 0.6) is 0 Å². The molecule has 156 valence electrons. The number of nitrogens with one attached hydrogen (secondary N) is 1. The lowest BCUT2D eigenvalue weighted by Gasteiger charge is -2.17. The largest absolute Gasteiger partial charge is 0.325 e. The minimum atomic E-state index is -0.123. The summed E-state index contributed by atoms with van der Waals surface area (Å²) in [4.78, 5) is 32.6. The Labute approximate surface area is 184 Å². The molecular formula is C23H25N3O2S2. The fourth-order valence-corrected chi connectivity index (χ4v) is 6.00. The molecule has 1 N–H and O–H groups in total. The van der Waals surface area contributed by atoms with Gasteiger partial charge in [-0.1, -0.05) is 42.5 Å². The number of benzene rings is 1. The molecule has 5 nitrogen and oxygen atoms in total. The second-order valence-corrected chi connectivity index (χ2v) is 9.86. The van der Waals surface area contributed by atoms with Crippen molar-refractivity contribution in [3.63, 3.8) is 0 Å². The Hall–Kier alpha value is -2.38. The van der Waals surface area contributed by atoms with Gasteiger partial charge in [-0.3, -0.25) is 14.2 Å². The van der Waals surface area contributed by atoms with Gasteiger partial charge in [0.1, 0.15) is 4.83 Å². The number of fused-ring (bicyclic) bond motifs is 3. The zero-order valence-electron chi connectivity index (χ0n) is 17.2. The molecule has 4 rings (SSSR count). The number of anilines is 1. The summed E-state index contributed by atoms with van der Waals surface area (Å²) in [7, 11) is 0. The number of rotatable bonds is 6. The summed E-state index contributed by atoms with van der Waals surface area (Å²) in [5.74, 6) is 0.702. The number of hydrogen-bond acceptors (Lipinski definition) is 5. The van der Waals surface area contributed by atoms with Crippen LogP contribution >= 0.6 is 23.1 Å². The molecule has 1 atom stereocenters. The van der Waals surface area contributed by atoms with Crippen molar-refractivity contribution in [3.8, 4) is 0 Å². The van der Waals surface area contributed by atoms with Gasteiger partial charge < -0.3 is 5.32 Å². The molecule has 0 spiro atoms. The average molecular weight is 440 g/mol. The van der Waals surface area contributed by atoms with Gasteiger partial charge in [-0.25, -0.2) is 4.98 Å². The SMILES string of the molecule is C=CCn1c(SCC(=O)Nc2ccc(C)cc2)nc2sc3c(c2c1=O)CC[C@@H](C)C3. The van der Waals surface area contributed by atoms with Crippen LogP contribution in [-0.2, 0) is 24.2 Å². The van der Waals surface area contributed by atoms with E-state index in [1.807, 2.05) is 31.2 Å². The van der Waals surface area contributed by atoms with E-state index in [2.05, 4.69) is 18.8 Å². The number of aromatic nitrogens is 2. The highest BCUT2D eigenvalue weighted by atomic mass is 32.2. The number of aryl methyl sites for hydroxylation is 2. The summed E-state index contributed by atoms with van der Waals surface area (Å²) in [5, 5.41) is 4.22. The quantitative estimate of drug-likeness (QED) is 0.340. The number of carbonyl (C=O) groups excluding carboxylic acids is 1. The van der Waals surface area contributed by atoms with Crippen LogP contribution in [0.25, 0.3) is 10.2 Å². The van der Waals surface area contributed by atoms with Gasteiger partial charge in [0.15, 0.2) is 5.16 Å². The first-order valence-corrected chi connectivity index (χ1v) is 11.9. The van der Waals surface area contributed by atoms with Crippen LogP contribution < -0.4 is 10.9 Å². The lowest BCUT2D eigenvalue weighted by molar-refractivity contribution is -0.113. The molecule has 0 saturated carbocycles. The summed E-state index contributed by atoms with van der Waals surface area (Å²) < 4.78 is 1.64. The van der Waals surface area contributed by atoms with Gasteiger partial charge in [0.05, 0.1) is 11.1 Å². The third-order valence-corrected chi connectivity index (χ3v) is 7.48. The van der Waals surface area contributed by atoms with Crippen molar-refractivity contribution in [2.45, 2.75) is 44.8 Å². The Morgan fingerprint density at radius 2 is 2.17 bits per heavy atom. The van der Waals surface area contributed by atoms with Crippen molar-refractivity contribution in [2.24, 2.45) is 5.92 Å². The fraction of sp³-hybridized carbons (Fsp3) is 0.348. The zero-order chi connectivity index (χ0) is 21.3. The van der Waals surface area contributed by atoms with Gasteiger partial charge in [0.25, 0.3) is 5.56 Å². The molecule has 7 heteroatoms. The molecule has 1 aliphatic rings. The maximum Gasteiger partial charge on any atom is 0.263 e. The van der Waals surface area contributed by atoms with Gasteiger partial charge >= 0.3 is 0 Å². The van der Waals surface area contributed by atoms with Gasteiger partial charge in [-0.2, -0.15) is 0 Å². The highest BCUT2D eigenvalue weighted by molar-refractivity contribution is 7.99. The smallest absolute Gasteiger partial charge is 0.263 e. The Kier molecular flexibility index (Phi) is 6.11. The zero-order valence-corrected chi connectivity index (χ0v) is 18.9. The molecule has 1 aliphatic carbocycles. The Morgan fingerprint density at radius 3 is 2.90 bits per heavy atom. The van der Waals surface area contributed by atoms with Crippen LogP contribution in [0, 0.1) is 12.8 Å². The van der Waals surface area contributed by atoms with Gasteiger partial charge in [-0.05, 0) is 49.8 Å². The average Bonchev–Trinajstić information content (AvgIpc) is 3.08. The molecule has 3 aromatic rings. The molecule has 1 aromatic carbocycles. The number of carbonyl (C=O) groups is 1. The monoisotopic (exact) mass is 439 g/mol. The van der Waals surface area contributed by atoms with E-state index in [9.17, 15) is 9.59 Å². The molecule has 1 amide bonds. The van der Waals surface area contributed by atoms with E-state index < -0.39 is 0 Å². The molecule has 0 unspecified atom stereocenters. The predicted molar refractivity (Wildman–Crippen MR) is 126 cm³/mol. The van der Waals surface area contributed by atoms with Crippen molar-refractivity contribution >= 4 is 44.9 Å². The fourth-order valence-electron chi connectivity index (χ4n) is 3.77. The summed E-state index contributed by atoms with van der Waals surface area (Å²) >= 11 is 2.92. The number of nitrogens with zero attached hydrogens (tertiary/aromatic N) is 2. The minimum Gasteiger partial charge on any atom is -0.325 e. The second-order valence-electron chi connectivity index (χ2n) is 7.83. The van der Waals surface area contributed by atoms with Crippen molar-refractivity contribution in [3.05, 3.63) is 63.3 Å². The van der Waals surface area contributed by atoms with E-state index in [0.29, 0.717) is 17.6 Å². The van der Waals surface area contributed by atoms with Crippen LogP contribution in [0.1, 0.15) is 29.3 Å². The first-order chi connectivity index (χ1) is 14.5. The van der Waals surface area contributed by atoms with Crippen LogP contribution in [-0.4, -0.2) is 21.2 Å². The van der Waals surface area contributed by atoms with Gasteiger partial charge in [-0.15, -0.1) is 17.9 Å². The minimum absolute atomic E-state index is 0.0200. The highest BCUT2D eigenvalue weighted by Crippen LogP contribution is 2.36. The number of hydrogen-bond donors (Lipinski definition) is 1. The standard InChI is InChI=1S/C23H25N3O2S2/c1-4-11-26-22(28)20-17-10-7-15(3)12-18(17)30-21(20)25-23(26)29-13-19(27)24-16-8-5-14(2)6-9-16/h4-6,8-9,15H,1,7,10-13H2,2-3H3,(H,24,27)/t15-/m1/s1. The molecule has 0 aliphatic heterocycles. The van der Waals surface area contributed by atoms with Crippen molar-refractivity contribution in [1.29, 1.82) is 0 Å². The second kappa shape index (κ2) is 8.78. The summed E-state index contributed by atoms with van der Waals surface area (Å²) in [6.45, 7) is 8.43. The number of thiophene rings is 1. The molecule has 0 saturated heterocycles. The molecule has 0 fully saturated rings. The summed E-state index contributed by atoms with van der Waals surface area (Å²) in [5.41, 5.74) is 3.06. The predicted octanol–water partition coefficient (Wildman–Crippen LogP) is 4.81. The number of amides is 1. The molecule has 0 radical (unpaired) electrons. The normalized spacial score (nSPS) is 15.7. The topological polar surface area (TPSA) is 64.0 Å². The summed E-state index contributed by atoms with van der Waals surface area (Å²) in [6, 6.07) is 7.68. The third-order valence-electron chi connectivity index (χ3n) is 5.36. The van der Waals surface area contributed by atoms with Gasteiger partial charge in [0, 0.05) is 17.1 Å². The summed E-state index contributed by atoms with van der Waals surface area (Å²) in [6.07, 6.45) is 4.76. The maximum absolute atomic E-state index is 13.3. The third kappa shape index (κ3) is 4.23.